The second kappa shape index (κ2) is 6.89. The molecule has 2 rings (SSSR count). The fourth-order valence-corrected chi connectivity index (χ4v) is 2.35. The molecule has 0 aromatic heterocycles. The number of rotatable bonds is 5. The molecule has 2 aromatic rings. The van der Waals surface area contributed by atoms with E-state index in [1.807, 2.05) is 18.2 Å². The van der Waals surface area contributed by atoms with Crippen molar-refractivity contribution in [3.63, 3.8) is 0 Å². The van der Waals surface area contributed by atoms with E-state index in [1.165, 1.54) is 35.4 Å². The van der Waals surface area contributed by atoms with Gasteiger partial charge >= 0.3 is 5.97 Å². The van der Waals surface area contributed by atoms with Gasteiger partial charge in [0.15, 0.2) is 0 Å². The van der Waals surface area contributed by atoms with Crippen LogP contribution in [0.3, 0.4) is 0 Å². The van der Waals surface area contributed by atoms with Crippen molar-refractivity contribution in [2.75, 3.05) is 5.32 Å². The summed E-state index contributed by atoms with van der Waals surface area (Å²) in [6.45, 7) is 4.20. The Bertz CT molecular complexity index is 690. The van der Waals surface area contributed by atoms with Crippen LogP contribution in [0.5, 0.6) is 0 Å². The van der Waals surface area contributed by atoms with Gasteiger partial charge in [-0.05, 0) is 60.4 Å². The normalized spacial score (nSPS) is 10.3. The smallest absolute Gasteiger partial charge is 0.335 e. The first-order valence-electron chi connectivity index (χ1n) is 7.31. The highest BCUT2D eigenvalue weighted by atomic mass is 16.4. The summed E-state index contributed by atoms with van der Waals surface area (Å²) in [7, 11) is 0. The molecule has 0 aliphatic rings. The number of carbonyl (C=O) groups excluding carboxylic acids is 1. The van der Waals surface area contributed by atoms with Gasteiger partial charge in [0.2, 0.25) is 0 Å². The quantitative estimate of drug-likeness (QED) is 0.883. The standard InChI is InChI=1S/C18H19NO3/c1-3-12-9-10-16(11-13(12)4-2)19-17(20)14-5-7-15(8-6-14)18(21)22/h5-11H,3-4H2,1-2H3,(H,19,20)(H,21,22). The summed E-state index contributed by atoms with van der Waals surface area (Å²) in [6.07, 6.45) is 1.88. The van der Waals surface area contributed by atoms with Crippen molar-refractivity contribution in [1.29, 1.82) is 0 Å². The Morgan fingerprint density at radius 1 is 0.909 bits per heavy atom. The summed E-state index contributed by atoms with van der Waals surface area (Å²) < 4.78 is 0. The molecule has 0 atom stereocenters. The van der Waals surface area contributed by atoms with Gasteiger partial charge in [-0.15, -0.1) is 0 Å². The number of aromatic carboxylic acids is 1. The lowest BCUT2D eigenvalue weighted by Crippen LogP contribution is -2.12. The maximum Gasteiger partial charge on any atom is 0.335 e. The Balaban J connectivity index is 2.16. The molecule has 0 saturated carbocycles. The monoisotopic (exact) mass is 297 g/mol. The van der Waals surface area contributed by atoms with Crippen LogP contribution in [0.15, 0.2) is 42.5 Å². The Labute approximate surface area is 129 Å². The molecule has 0 aliphatic carbocycles. The molecule has 2 aromatic carbocycles. The zero-order chi connectivity index (χ0) is 16.1. The van der Waals surface area contributed by atoms with Gasteiger partial charge in [-0.2, -0.15) is 0 Å². The largest absolute Gasteiger partial charge is 0.478 e. The molecule has 0 saturated heterocycles. The molecule has 1 amide bonds. The van der Waals surface area contributed by atoms with Crippen LogP contribution in [-0.4, -0.2) is 17.0 Å². The third kappa shape index (κ3) is 3.52. The van der Waals surface area contributed by atoms with Crippen LogP contribution in [0.1, 0.15) is 45.7 Å². The van der Waals surface area contributed by atoms with Gasteiger partial charge in [0.05, 0.1) is 5.56 Å². The molecule has 2 N–H and O–H groups in total. The number of hydrogen-bond donors (Lipinski definition) is 2. The van der Waals surface area contributed by atoms with Gasteiger partial charge in [-0.3, -0.25) is 4.79 Å². The average molecular weight is 297 g/mol. The van der Waals surface area contributed by atoms with Crippen molar-refractivity contribution < 1.29 is 14.7 Å². The van der Waals surface area contributed by atoms with Gasteiger partial charge in [0, 0.05) is 11.3 Å². The molecule has 4 nitrogen and oxygen atoms in total. The average Bonchev–Trinajstić information content (AvgIpc) is 2.54. The topological polar surface area (TPSA) is 66.4 Å². The van der Waals surface area contributed by atoms with Gasteiger partial charge in [-0.25, -0.2) is 4.79 Å². The minimum atomic E-state index is -1.00. The van der Waals surface area contributed by atoms with Crippen LogP contribution in [0.2, 0.25) is 0 Å². The van der Waals surface area contributed by atoms with Crippen molar-refractivity contribution in [2.24, 2.45) is 0 Å². The van der Waals surface area contributed by atoms with E-state index in [1.54, 1.807) is 0 Å². The van der Waals surface area contributed by atoms with E-state index in [2.05, 4.69) is 19.2 Å². The van der Waals surface area contributed by atoms with E-state index in [0.717, 1.165) is 18.5 Å². The Hall–Kier alpha value is -2.62. The zero-order valence-electron chi connectivity index (χ0n) is 12.7. The predicted molar refractivity (Wildman–Crippen MR) is 86.6 cm³/mol. The summed E-state index contributed by atoms with van der Waals surface area (Å²) in [5.41, 5.74) is 3.86. The van der Waals surface area contributed by atoms with Crippen molar-refractivity contribution in [1.82, 2.24) is 0 Å². The lowest BCUT2D eigenvalue weighted by molar-refractivity contribution is 0.0696. The molecule has 0 heterocycles. The van der Waals surface area contributed by atoms with Crippen LogP contribution in [0, 0.1) is 0 Å². The number of carbonyl (C=O) groups is 2. The number of benzene rings is 2. The molecule has 114 valence electrons. The third-order valence-electron chi connectivity index (χ3n) is 3.62. The molecule has 22 heavy (non-hydrogen) atoms. The summed E-state index contributed by atoms with van der Waals surface area (Å²) in [6, 6.07) is 11.8. The molecule has 0 radical (unpaired) electrons. The SMILES string of the molecule is CCc1ccc(NC(=O)c2ccc(C(=O)O)cc2)cc1CC. The highest BCUT2D eigenvalue weighted by Gasteiger charge is 2.09. The van der Waals surface area contributed by atoms with Crippen LogP contribution in [-0.2, 0) is 12.8 Å². The second-order valence-electron chi connectivity index (χ2n) is 5.03. The maximum atomic E-state index is 12.2. The first-order valence-corrected chi connectivity index (χ1v) is 7.31. The number of amides is 1. The van der Waals surface area contributed by atoms with Crippen LogP contribution >= 0.6 is 0 Å². The number of hydrogen-bond acceptors (Lipinski definition) is 2. The number of carboxylic acid groups (broad SMARTS) is 1. The number of carboxylic acids is 1. The number of anilines is 1. The highest BCUT2D eigenvalue weighted by molar-refractivity contribution is 6.04. The second-order valence-corrected chi connectivity index (χ2v) is 5.03. The van der Waals surface area contributed by atoms with Crippen LogP contribution in [0.4, 0.5) is 5.69 Å². The number of aryl methyl sites for hydroxylation is 2. The lowest BCUT2D eigenvalue weighted by atomic mass is 10.0. The zero-order valence-corrected chi connectivity index (χ0v) is 12.7. The fourth-order valence-electron chi connectivity index (χ4n) is 2.35. The summed E-state index contributed by atoms with van der Waals surface area (Å²) in [4.78, 5) is 23.0. The predicted octanol–water partition coefficient (Wildman–Crippen LogP) is 3.76. The van der Waals surface area contributed by atoms with Gasteiger partial charge in [0.1, 0.15) is 0 Å². The van der Waals surface area contributed by atoms with Crippen molar-refractivity contribution in [3.05, 3.63) is 64.7 Å². The van der Waals surface area contributed by atoms with Gasteiger partial charge in [-0.1, -0.05) is 19.9 Å². The van der Waals surface area contributed by atoms with Crippen molar-refractivity contribution in [3.8, 4) is 0 Å². The molecule has 0 unspecified atom stereocenters. The molecule has 4 heteroatoms. The molecule has 0 aliphatic heterocycles. The Morgan fingerprint density at radius 2 is 1.50 bits per heavy atom. The molecular weight excluding hydrogens is 278 g/mol. The van der Waals surface area contributed by atoms with Crippen LogP contribution in [0.25, 0.3) is 0 Å². The first-order chi connectivity index (χ1) is 10.5. The molecule has 0 spiro atoms. The van der Waals surface area contributed by atoms with E-state index in [-0.39, 0.29) is 11.5 Å². The molecular formula is C18H19NO3. The summed E-state index contributed by atoms with van der Waals surface area (Å²) >= 11 is 0. The molecule has 0 bridgehead atoms. The van der Waals surface area contributed by atoms with E-state index >= 15 is 0 Å². The van der Waals surface area contributed by atoms with Crippen molar-refractivity contribution in [2.45, 2.75) is 26.7 Å². The highest BCUT2D eigenvalue weighted by Crippen LogP contribution is 2.18. The van der Waals surface area contributed by atoms with E-state index in [9.17, 15) is 9.59 Å². The van der Waals surface area contributed by atoms with E-state index in [4.69, 9.17) is 5.11 Å². The molecule has 0 fully saturated rings. The Kier molecular flexibility index (Phi) is 4.94. The van der Waals surface area contributed by atoms with Gasteiger partial charge in [0.25, 0.3) is 5.91 Å². The van der Waals surface area contributed by atoms with E-state index in [0.29, 0.717) is 5.56 Å². The summed E-state index contributed by atoms with van der Waals surface area (Å²) in [5.74, 6) is -1.25. The lowest BCUT2D eigenvalue weighted by Gasteiger charge is -2.10. The Morgan fingerprint density at radius 3 is 2.05 bits per heavy atom. The van der Waals surface area contributed by atoms with E-state index < -0.39 is 5.97 Å². The first kappa shape index (κ1) is 15.8. The summed E-state index contributed by atoms with van der Waals surface area (Å²) in [5, 5.41) is 11.7. The fraction of sp³-hybridized carbons (Fsp3) is 0.222. The minimum absolute atomic E-state index is 0.164. The maximum absolute atomic E-state index is 12.2. The van der Waals surface area contributed by atoms with Crippen LogP contribution < -0.4 is 5.32 Å². The number of nitrogens with one attached hydrogen (secondary N) is 1. The van der Waals surface area contributed by atoms with Crippen molar-refractivity contribution >= 4 is 17.6 Å². The minimum Gasteiger partial charge on any atom is -0.478 e. The van der Waals surface area contributed by atoms with Gasteiger partial charge < -0.3 is 10.4 Å². The third-order valence-corrected chi connectivity index (χ3v) is 3.62.